The highest BCUT2D eigenvalue weighted by Gasteiger charge is 2.49. The molecule has 1 aliphatic rings. The molecule has 0 aliphatic carbocycles. The van der Waals surface area contributed by atoms with E-state index in [1.54, 1.807) is 0 Å². The highest BCUT2D eigenvalue weighted by Crippen LogP contribution is 2.40. The molecule has 2 aromatic carbocycles. The van der Waals surface area contributed by atoms with E-state index in [1.807, 2.05) is 36.4 Å². The molecule has 25 heavy (non-hydrogen) atoms. The van der Waals surface area contributed by atoms with E-state index in [2.05, 4.69) is 43.4 Å². The van der Waals surface area contributed by atoms with Gasteiger partial charge >= 0.3 is 0 Å². The highest BCUT2D eigenvalue weighted by atomic mass is 28.4. The standard InChI is InChI=1S/C21H27NO2Si/c1-21(2,16-15-17-13-14-20(23)22-17)25(24,18-9-5-3-6-10-18)19-11-7-4-8-12-19/h3-12,17,24H,13-16H2,1-2H3,(H,22,23). The average molecular weight is 354 g/mol. The molecule has 2 N–H and O–H groups in total. The van der Waals surface area contributed by atoms with Gasteiger partial charge in [0, 0.05) is 12.5 Å². The summed E-state index contributed by atoms with van der Waals surface area (Å²) < 4.78 is 0. The van der Waals surface area contributed by atoms with Crippen molar-refractivity contribution in [1.29, 1.82) is 0 Å². The van der Waals surface area contributed by atoms with Gasteiger partial charge in [0.05, 0.1) is 0 Å². The van der Waals surface area contributed by atoms with Crippen molar-refractivity contribution in [1.82, 2.24) is 5.32 Å². The minimum absolute atomic E-state index is 0.154. The fourth-order valence-corrected chi connectivity index (χ4v) is 7.67. The molecule has 1 aliphatic heterocycles. The Morgan fingerprint density at radius 2 is 1.56 bits per heavy atom. The van der Waals surface area contributed by atoms with Gasteiger partial charge in [0.15, 0.2) is 0 Å². The van der Waals surface area contributed by atoms with Gasteiger partial charge in [-0.05, 0) is 34.7 Å². The molecule has 1 unspecified atom stereocenters. The van der Waals surface area contributed by atoms with Gasteiger partial charge in [-0.25, -0.2) is 0 Å². The van der Waals surface area contributed by atoms with Gasteiger partial charge in [-0.1, -0.05) is 74.5 Å². The number of carbonyl (C=O) groups excluding carboxylic acids is 1. The molecule has 1 heterocycles. The fourth-order valence-electron chi connectivity index (χ4n) is 3.92. The molecule has 1 amide bonds. The van der Waals surface area contributed by atoms with Crippen molar-refractivity contribution in [2.45, 2.75) is 50.6 Å². The lowest BCUT2D eigenvalue weighted by molar-refractivity contribution is -0.119. The summed E-state index contributed by atoms with van der Waals surface area (Å²) in [5.74, 6) is 0.154. The van der Waals surface area contributed by atoms with Crippen LogP contribution in [0, 0.1) is 0 Å². The van der Waals surface area contributed by atoms with Crippen LogP contribution in [0.3, 0.4) is 0 Å². The van der Waals surface area contributed by atoms with Crippen LogP contribution >= 0.6 is 0 Å². The third-order valence-electron chi connectivity index (χ3n) is 5.57. The maximum absolute atomic E-state index is 12.1. The number of carbonyl (C=O) groups is 1. The summed E-state index contributed by atoms with van der Waals surface area (Å²) in [7, 11) is -2.93. The molecule has 3 nitrogen and oxygen atoms in total. The smallest absolute Gasteiger partial charge is 0.258 e. The van der Waals surface area contributed by atoms with E-state index in [1.165, 1.54) is 0 Å². The van der Waals surface area contributed by atoms with E-state index in [0.717, 1.165) is 29.6 Å². The van der Waals surface area contributed by atoms with Crippen LogP contribution in [-0.4, -0.2) is 25.1 Å². The minimum Gasteiger partial charge on any atom is -0.424 e. The SMILES string of the molecule is CC(C)(CCC1CCC(=O)N1)[Si](O)(c1ccccc1)c1ccccc1. The third kappa shape index (κ3) is 3.55. The lowest BCUT2D eigenvalue weighted by atomic mass is 10.0. The maximum atomic E-state index is 12.1. The van der Waals surface area contributed by atoms with E-state index >= 15 is 0 Å². The molecular formula is C21H27NO2Si. The summed E-state index contributed by atoms with van der Waals surface area (Å²) in [6, 6.07) is 20.5. The first kappa shape index (κ1) is 17.9. The first-order chi connectivity index (χ1) is 11.9. The van der Waals surface area contributed by atoms with Crippen molar-refractivity contribution in [2.75, 3.05) is 0 Å². The van der Waals surface area contributed by atoms with Crippen molar-refractivity contribution in [3.05, 3.63) is 60.7 Å². The Morgan fingerprint density at radius 1 is 1.04 bits per heavy atom. The van der Waals surface area contributed by atoms with Gasteiger partial charge in [0.25, 0.3) is 8.32 Å². The van der Waals surface area contributed by atoms with Crippen LogP contribution in [0.5, 0.6) is 0 Å². The van der Waals surface area contributed by atoms with E-state index in [-0.39, 0.29) is 17.0 Å². The fraction of sp³-hybridized carbons (Fsp3) is 0.381. The quantitative estimate of drug-likeness (QED) is 0.784. The Morgan fingerprint density at radius 3 is 2.00 bits per heavy atom. The molecule has 4 heteroatoms. The Balaban J connectivity index is 1.92. The molecule has 0 spiro atoms. The Kier molecular flexibility index (Phi) is 5.11. The number of amides is 1. The molecular weight excluding hydrogens is 326 g/mol. The van der Waals surface area contributed by atoms with Crippen molar-refractivity contribution >= 4 is 24.6 Å². The van der Waals surface area contributed by atoms with Crippen molar-refractivity contribution < 1.29 is 9.59 Å². The van der Waals surface area contributed by atoms with Gasteiger partial charge in [0.2, 0.25) is 5.91 Å². The summed E-state index contributed by atoms with van der Waals surface area (Å²) >= 11 is 0. The average Bonchev–Trinajstić information content (AvgIpc) is 3.06. The van der Waals surface area contributed by atoms with Crippen LogP contribution in [0.4, 0.5) is 0 Å². The summed E-state index contributed by atoms with van der Waals surface area (Å²) in [6.45, 7) is 4.35. The van der Waals surface area contributed by atoms with Crippen LogP contribution < -0.4 is 15.7 Å². The zero-order chi connectivity index (χ0) is 17.9. The lowest BCUT2D eigenvalue weighted by Gasteiger charge is -2.41. The largest absolute Gasteiger partial charge is 0.424 e. The van der Waals surface area contributed by atoms with E-state index < -0.39 is 8.32 Å². The summed E-state index contributed by atoms with van der Waals surface area (Å²) in [4.78, 5) is 23.5. The van der Waals surface area contributed by atoms with E-state index in [9.17, 15) is 9.59 Å². The van der Waals surface area contributed by atoms with Gasteiger partial charge in [-0.15, -0.1) is 0 Å². The van der Waals surface area contributed by atoms with Crippen LogP contribution in [0.15, 0.2) is 60.7 Å². The second-order valence-corrected chi connectivity index (χ2v) is 11.6. The molecule has 132 valence electrons. The Bertz CT molecular complexity index is 676. The number of nitrogens with one attached hydrogen (secondary N) is 1. The first-order valence-corrected chi connectivity index (χ1v) is 11.0. The van der Waals surface area contributed by atoms with Gasteiger partial charge in [-0.2, -0.15) is 0 Å². The molecule has 1 saturated heterocycles. The van der Waals surface area contributed by atoms with Crippen LogP contribution in [-0.2, 0) is 4.79 Å². The molecule has 1 fully saturated rings. The molecule has 0 aromatic heterocycles. The second kappa shape index (κ2) is 7.14. The molecule has 0 radical (unpaired) electrons. The zero-order valence-corrected chi connectivity index (χ0v) is 16.0. The maximum Gasteiger partial charge on any atom is 0.258 e. The summed E-state index contributed by atoms with van der Waals surface area (Å²) in [6.07, 6.45) is 3.33. The highest BCUT2D eigenvalue weighted by molar-refractivity contribution is 6.98. The topological polar surface area (TPSA) is 49.3 Å². The van der Waals surface area contributed by atoms with Crippen molar-refractivity contribution in [3.63, 3.8) is 0 Å². The van der Waals surface area contributed by atoms with Crippen LogP contribution in [0.2, 0.25) is 5.04 Å². The number of benzene rings is 2. The lowest BCUT2D eigenvalue weighted by Crippen LogP contribution is -2.65. The zero-order valence-electron chi connectivity index (χ0n) is 15.0. The van der Waals surface area contributed by atoms with Crippen LogP contribution in [0.25, 0.3) is 0 Å². The normalized spacial score (nSPS) is 18.2. The first-order valence-electron chi connectivity index (χ1n) is 9.06. The second-order valence-electron chi connectivity index (χ2n) is 7.67. The molecule has 1 atom stereocenters. The monoisotopic (exact) mass is 353 g/mol. The number of rotatable bonds is 6. The summed E-state index contributed by atoms with van der Waals surface area (Å²) in [5.41, 5.74) is 0. The third-order valence-corrected chi connectivity index (χ3v) is 10.1. The molecule has 3 rings (SSSR count). The molecule has 0 saturated carbocycles. The van der Waals surface area contributed by atoms with Crippen molar-refractivity contribution in [3.8, 4) is 0 Å². The van der Waals surface area contributed by atoms with E-state index in [4.69, 9.17) is 0 Å². The van der Waals surface area contributed by atoms with Gasteiger partial charge < -0.3 is 10.1 Å². The van der Waals surface area contributed by atoms with E-state index in [0.29, 0.717) is 6.42 Å². The number of hydrogen-bond donors (Lipinski definition) is 2. The van der Waals surface area contributed by atoms with Gasteiger partial charge in [0.1, 0.15) is 0 Å². The predicted molar refractivity (Wildman–Crippen MR) is 105 cm³/mol. The Hall–Kier alpha value is -1.91. The minimum atomic E-state index is -2.93. The molecule has 2 aromatic rings. The van der Waals surface area contributed by atoms with Gasteiger partial charge in [-0.3, -0.25) is 4.79 Å². The Labute approximate surface area is 151 Å². The number of hydrogen-bond acceptors (Lipinski definition) is 2. The van der Waals surface area contributed by atoms with Crippen LogP contribution in [0.1, 0.15) is 39.5 Å². The predicted octanol–water partition coefficient (Wildman–Crippen LogP) is 2.58. The molecule has 0 bridgehead atoms. The van der Waals surface area contributed by atoms with Crippen molar-refractivity contribution in [2.24, 2.45) is 0 Å². The summed E-state index contributed by atoms with van der Waals surface area (Å²) in [5, 5.41) is 4.89.